The molecule has 2 heterocycles. The van der Waals surface area contributed by atoms with Crippen molar-refractivity contribution in [2.45, 2.75) is 58.3 Å². The third-order valence-corrected chi connectivity index (χ3v) is 4.62. The highest BCUT2D eigenvalue weighted by molar-refractivity contribution is 6.62. The van der Waals surface area contributed by atoms with Gasteiger partial charge in [-0.1, -0.05) is 6.07 Å². The van der Waals surface area contributed by atoms with Crippen molar-refractivity contribution in [3.63, 3.8) is 0 Å². The van der Waals surface area contributed by atoms with E-state index in [1.54, 1.807) is 0 Å². The van der Waals surface area contributed by atoms with Gasteiger partial charge in [-0.2, -0.15) is 0 Å². The molecule has 0 saturated carbocycles. The minimum Gasteiger partial charge on any atom is -0.484 e. The van der Waals surface area contributed by atoms with E-state index in [0.717, 1.165) is 23.4 Å². The zero-order chi connectivity index (χ0) is 15.5. The van der Waals surface area contributed by atoms with E-state index < -0.39 is 0 Å². The van der Waals surface area contributed by atoms with E-state index in [4.69, 9.17) is 14.0 Å². The summed E-state index contributed by atoms with van der Waals surface area (Å²) in [4.78, 5) is 0. The first-order chi connectivity index (χ1) is 9.60. The Bertz CT molecular complexity index is 553. The Morgan fingerprint density at radius 3 is 2.24 bits per heavy atom. The van der Waals surface area contributed by atoms with Crippen LogP contribution in [0.1, 0.15) is 41.5 Å². The van der Waals surface area contributed by atoms with Crippen LogP contribution in [0.3, 0.4) is 0 Å². The summed E-state index contributed by atoms with van der Waals surface area (Å²) in [6.07, 6.45) is 0. The number of benzene rings is 1. The highest BCUT2D eigenvalue weighted by Gasteiger charge is 2.51. The van der Waals surface area contributed by atoms with Crippen molar-refractivity contribution >= 4 is 18.3 Å². The van der Waals surface area contributed by atoms with Crippen LogP contribution in [0.15, 0.2) is 18.2 Å². The molecule has 0 atom stereocenters. The van der Waals surface area contributed by atoms with Crippen molar-refractivity contribution in [2.75, 3.05) is 11.9 Å². The van der Waals surface area contributed by atoms with E-state index >= 15 is 0 Å². The molecule has 1 saturated heterocycles. The fourth-order valence-corrected chi connectivity index (χ4v) is 2.54. The Balaban J connectivity index is 1.86. The summed E-state index contributed by atoms with van der Waals surface area (Å²) in [6.45, 7) is 13.2. The van der Waals surface area contributed by atoms with E-state index in [-0.39, 0.29) is 23.9 Å². The molecule has 5 heteroatoms. The Kier molecular flexibility index (Phi) is 3.09. The van der Waals surface area contributed by atoms with Crippen molar-refractivity contribution in [1.82, 2.24) is 0 Å². The van der Waals surface area contributed by atoms with Crippen LogP contribution >= 0.6 is 0 Å². The van der Waals surface area contributed by atoms with E-state index in [0.29, 0.717) is 0 Å². The Morgan fingerprint density at radius 2 is 1.62 bits per heavy atom. The van der Waals surface area contributed by atoms with Gasteiger partial charge in [-0.25, -0.2) is 0 Å². The van der Waals surface area contributed by atoms with Crippen molar-refractivity contribution in [3.05, 3.63) is 18.2 Å². The molecule has 1 fully saturated rings. The van der Waals surface area contributed by atoms with E-state index in [2.05, 4.69) is 52.9 Å². The maximum absolute atomic E-state index is 6.09. The Morgan fingerprint density at radius 1 is 1.00 bits per heavy atom. The summed E-state index contributed by atoms with van der Waals surface area (Å²) < 4.78 is 18.2. The summed E-state index contributed by atoms with van der Waals surface area (Å²) in [6, 6.07) is 6.07. The molecule has 1 aromatic rings. The van der Waals surface area contributed by atoms with Crippen LogP contribution in [0, 0.1) is 0 Å². The lowest BCUT2D eigenvalue weighted by Crippen LogP contribution is -2.41. The van der Waals surface area contributed by atoms with Gasteiger partial charge in [0.05, 0.1) is 23.4 Å². The predicted octanol–water partition coefficient (Wildman–Crippen LogP) is 2.57. The van der Waals surface area contributed by atoms with Crippen molar-refractivity contribution in [3.8, 4) is 5.75 Å². The molecule has 0 amide bonds. The quantitative estimate of drug-likeness (QED) is 0.807. The molecule has 4 nitrogen and oxygen atoms in total. The fourth-order valence-electron chi connectivity index (χ4n) is 2.54. The SMILES string of the molecule is CC1(C)CNc2cc(B3OC(C)(C)C(C)(C)O3)ccc2O1. The molecule has 1 aromatic carbocycles. The average Bonchev–Trinajstić information content (AvgIpc) is 2.57. The molecule has 0 radical (unpaired) electrons. The van der Waals surface area contributed by atoms with E-state index in [9.17, 15) is 0 Å². The van der Waals surface area contributed by atoms with E-state index in [1.807, 2.05) is 12.1 Å². The van der Waals surface area contributed by atoms with Gasteiger partial charge in [0.25, 0.3) is 0 Å². The minimum atomic E-state index is -0.336. The number of ether oxygens (including phenoxy) is 1. The molecule has 0 spiro atoms. The second-order valence-corrected chi connectivity index (χ2v) is 7.56. The van der Waals surface area contributed by atoms with Crippen LogP contribution in [0.4, 0.5) is 5.69 Å². The van der Waals surface area contributed by atoms with Gasteiger partial charge in [0, 0.05) is 0 Å². The van der Waals surface area contributed by atoms with E-state index in [1.165, 1.54) is 0 Å². The molecule has 0 bridgehead atoms. The zero-order valence-corrected chi connectivity index (χ0v) is 13.7. The van der Waals surface area contributed by atoms with Gasteiger partial charge < -0.3 is 19.4 Å². The molecule has 21 heavy (non-hydrogen) atoms. The van der Waals surface area contributed by atoms with Crippen molar-refractivity contribution in [2.24, 2.45) is 0 Å². The average molecular weight is 289 g/mol. The minimum absolute atomic E-state index is 0.182. The van der Waals surface area contributed by atoms with Gasteiger partial charge in [-0.15, -0.1) is 0 Å². The van der Waals surface area contributed by atoms with Gasteiger partial charge in [0.2, 0.25) is 0 Å². The second-order valence-electron chi connectivity index (χ2n) is 7.56. The zero-order valence-electron chi connectivity index (χ0n) is 13.7. The molecule has 0 unspecified atom stereocenters. The molecule has 0 aromatic heterocycles. The van der Waals surface area contributed by atoms with Crippen LogP contribution in [0.5, 0.6) is 5.75 Å². The smallest absolute Gasteiger partial charge is 0.484 e. The van der Waals surface area contributed by atoms with Gasteiger partial charge in [-0.3, -0.25) is 0 Å². The molecular formula is C16H24BNO3. The fraction of sp³-hybridized carbons (Fsp3) is 0.625. The first-order valence-corrected chi connectivity index (χ1v) is 7.52. The standard InChI is InChI=1S/C16H24BNO3/c1-14(2)10-18-12-9-11(7-8-13(12)19-14)17-20-15(3,4)16(5,6)21-17/h7-9,18H,10H2,1-6H3. The Hall–Kier alpha value is -1.20. The van der Waals surface area contributed by atoms with Crippen LogP contribution in [0.25, 0.3) is 0 Å². The maximum atomic E-state index is 6.09. The summed E-state index contributed by atoms with van der Waals surface area (Å²) in [5, 5.41) is 3.42. The first-order valence-electron chi connectivity index (χ1n) is 7.52. The van der Waals surface area contributed by atoms with Crippen LogP contribution < -0.4 is 15.5 Å². The number of hydrogen-bond acceptors (Lipinski definition) is 4. The van der Waals surface area contributed by atoms with Gasteiger partial charge >= 0.3 is 7.12 Å². The molecule has 2 aliphatic heterocycles. The summed E-state index contributed by atoms with van der Waals surface area (Å²) in [5.74, 6) is 0.881. The molecule has 3 rings (SSSR count). The number of fused-ring (bicyclic) bond motifs is 1. The van der Waals surface area contributed by atoms with Gasteiger partial charge in [0.15, 0.2) is 0 Å². The molecule has 2 aliphatic rings. The molecule has 1 N–H and O–H groups in total. The third-order valence-electron chi connectivity index (χ3n) is 4.62. The van der Waals surface area contributed by atoms with Crippen LogP contribution in [0.2, 0.25) is 0 Å². The lowest BCUT2D eigenvalue weighted by Gasteiger charge is -2.33. The number of rotatable bonds is 1. The molecular weight excluding hydrogens is 265 g/mol. The topological polar surface area (TPSA) is 39.7 Å². The highest BCUT2D eigenvalue weighted by Crippen LogP contribution is 2.37. The Labute approximate surface area is 127 Å². The normalized spacial score (nSPS) is 25.0. The molecule has 114 valence electrons. The van der Waals surface area contributed by atoms with Gasteiger partial charge in [-0.05, 0) is 59.1 Å². The maximum Gasteiger partial charge on any atom is 0.494 e. The lowest BCUT2D eigenvalue weighted by molar-refractivity contribution is 0.00578. The van der Waals surface area contributed by atoms with Crippen LogP contribution in [-0.2, 0) is 9.31 Å². The second kappa shape index (κ2) is 4.40. The largest absolute Gasteiger partial charge is 0.494 e. The van der Waals surface area contributed by atoms with Crippen LogP contribution in [-0.4, -0.2) is 30.5 Å². The summed E-state index contributed by atoms with van der Waals surface area (Å²) >= 11 is 0. The number of nitrogens with one attached hydrogen (secondary N) is 1. The lowest BCUT2D eigenvalue weighted by atomic mass is 9.78. The van der Waals surface area contributed by atoms with Gasteiger partial charge in [0.1, 0.15) is 11.4 Å². The molecule has 0 aliphatic carbocycles. The monoisotopic (exact) mass is 289 g/mol. The van der Waals surface area contributed by atoms with Crippen molar-refractivity contribution in [1.29, 1.82) is 0 Å². The highest BCUT2D eigenvalue weighted by atomic mass is 16.7. The number of anilines is 1. The number of hydrogen-bond donors (Lipinski definition) is 1. The predicted molar refractivity (Wildman–Crippen MR) is 85.4 cm³/mol. The summed E-state index contributed by atoms with van der Waals surface area (Å²) in [7, 11) is -0.336. The van der Waals surface area contributed by atoms with Crippen molar-refractivity contribution < 1.29 is 14.0 Å². The first kappa shape index (κ1) is 14.7. The third kappa shape index (κ3) is 2.53. The summed E-state index contributed by atoms with van der Waals surface area (Å²) in [5.41, 5.74) is 1.20.